The lowest BCUT2D eigenvalue weighted by Crippen LogP contribution is -2.38. The molecule has 2 fully saturated rings. The van der Waals surface area contributed by atoms with Crippen LogP contribution in [0, 0.1) is 11.8 Å². The fourth-order valence-corrected chi connectivity index (χ4v) is 4.69. The van der Waals surface area contributed by atoms with Crippen LogP contribution in [-0.2, 0) is 22.1 Å². The molecule has 1 saturated carbocycles. The molecule has 2 aromatic rings. The van der Waals surface area contributed by atoms with Gasteiger partial charge >= 0.3 is 18.2 Å². The average Bonchev–Trinajstić information content (AvgIpc) is 3.29. The Bertz CT molecular complexity index is 1070. The highest BCUT2D eigenvalue weighted by Gasteiger charge is 2.56. The SMILES string of the molecule is CCO[C@@H](Cc1ccc(OCCNC2C3CN(C(=O)Nc4ccc(C(F)(F)F)cc4)C[C@@H]32)cc1)C(=O)O. The van der Waals surface area contributed by atoms with Crippen LogP contribution in [0.4, 0.5) is 23.7 Å². The van der Waals surface area contributed by atoms with E-state index in [1.165, 1.54) is 12.1 Å². The molecule has 1 saturated heterocycles. The Balaban J connectivity index is 1.12. The number of anilines is 1. The third-order valence-corrected chi connectivity index (χ3v) is 6.68. The summed E-state index contributed by atoms with van der Waals surface area (Å²) in [5.74, 6) is 0.409. The largest absolute Gasteiger partial charge is 0.492 e. The van der Waals surface area contributed by atoms with E-state index in [0.717, 1.165) is 17.7 Å². The number of nitrogens with zero attached hydrogens (tertiary/aromatic N) is 1. The molecule has 2 unspecified atom stereocenters. The van der Waals surface area contributed by atoms with Gasteiger partial charge in [0.2, 0.25) is 0 Å². The van der Waals surface area contributed by atoms with E-state index in [1.807, 2.05) is 12.1 Å². The van der Waals surface area contributed by atoms with Crippen molar-refractivity contribution in [2.75, 3.05) is 38.2 Å². The molecule has 0 radical (unpaired) electrons. The number of carboxylic acids is 1. The molecule has 1 aliphatic heterocycles. The van der Waals surface area contributed by atoms with E-state index in [9.17, 15) is 27.9 Å². The average molecular weight is 522 g/mol. The molecule has 1 heterocycles. The molecule has 2 amide bonds. The smallest absolute Gasteiger partial charge is 0.416 e. The summed E-state index contributed by atoms with van der Waals surface area (Å²) in [5, 5.41) is 15.3. The number of alkyl halides is 3. The van der Waals surface area contributed by atoms with Gasteiger partial charge in [-0.05, 0) is 60.7 Å². The lowest BCUT2D eigenvalue weighted by molar-refractivity contribution is -0.150. The molecule has 11 heteroatoms. The number of piperidine rings is 1. The van der Waals surface area contributed by atoms with E-state index >= 15 is 0 Å². The second-order valence-electron chi connectivity index (χ2n) is 9.20. The Morgan fingerprint density at radius 2 is 1.73 bits per heavy atom. The second-order valence-corrected chi connectivity index (χ2v) is 9.20. The van der Waals surface area contributed by atoms with Crippen molar-refractivity contribution >= 4 is 17.7 Å². The normalized spacial score (nSPS) is 21.3. The molecule has 4 atom stereocenters. The number of nitrogens with one attached hydrogen (secondary N) is 2. The van der Waals surface area contributed by atoms with Crippen LogP contribution < -0.4 is 15.4 Å². The summed E-state index contributed by atoms with van der Waals surface area (Å²) in [7, 11) is 0. The van der Waals surface area contributed by atoms with Crippen molar-refractivity contribution < 1.29 is 37.3 Å². The number of urea groups is 1. The number of likely N-dealkylation sites (tertiary alicyclic amines) is 1. The maximum Gasteiger partial charge on any atom is 0.416 e. The third-order valence-electron chi connectivity index (χ3n) is 6.68. The molecular weight excluding hydrogens is 491 g/mol. The number of fused-ring (bicyclic) bond motifs is 1. The van der Waals surface area contributed by atoms with Gasteiger partial charge in [0.15, 0.2) is 6.10 Å². The number of carboxylic acid groups (broad SMARTS) is 1. The van der Waals surface area contributed by atoms with E-state index in [0.29, 0.717) is 62.2 Å². The molecule has 0 bridgehead atoms. The number of rotatable bonds is 11. The molecule has 0 aromatic heterocycles. The van der Waals surface area contributed by atoms with Gasteiger partial charge in [0.25, 0.3) is 0 Å². The molecule has 4 rings (SSSR count). The predicted molar refractivity (Wildman–Crippen MR) is 129 cm³/mol. The first kappa shape index (κ1) is 26.7. The molecule has 2 aromatic carbocycles. The van der Waals surface area contributed by atoms with Gasteiger partial charge in [-0.25, -0.2) is 9.59 Å². The van der Waals surface area contributed by atoms with E-state index < -0.39 is 23.8 Å². The second kappa shape index (κ2) is 11.4. The maximum absolute atomic E-state index is 12.7. The minimum absolute atomic E-state index is 0.287. The summed E-state index contributed by atoms with van der Waals surface area (Å²) < 4.78 is 49.0. The molecule has 8 nitrogen and oxygen atoms in total. The van der Waals surface area contributed by atoms with Crippen molar-refractivity contribution in [3.63, 3.8) is 0 Å². The zero-order valence-electron chi connectivity index (χ0n) is 20.3. The van der Waals surface area contributed by atoms with Crippen LogP contribution in [0.25, 0.3) is 0 Å². The van der Waals surface area contributed by atoms with E-state index in [1.54, 1.807) is 24.0 Å². The highest BCUT2D eigenvalue weighted by atomic mass is 19.4. The monoisotopic (exact) mass is 521 g/mol. The minimum atomic E-state index is -4.41. The van der Waals surface area contributed by atoms with Gasteiger partial charge in [0.05, 0.1) is 5.56 Å². The minimum Gasteiger partial charge on any atom is -0.492 e. The number of ether oxygens (including phenoxy) is 2. The molecule has 200 valence electrons. The quantitative estimate of drug-likeness (QED) is 0.389. The fourth-order valence-electron chi connectivity index (χ4n) is 4.69. The number of amides is 2. The van der Waals surface area contributed by atoms with Crippen LogP contribution in [0.3, 0.4) is 0 Å². The topological polar surface area (TPSA) is 100 Å². The van der Waals surface area contributed by atoms with Crippen molar-refractivity contribution in [1.82, 2.24) is 10.2 Å². The highest BCUT2D eigenvalue weighted by molar-refractivity contribution is 5.89. The Morgan fingerprint density at radius 1 is 1.08 bits per heavy atom. The predicted octanol–water partition coefficient (Wildman–Crippen LogP) is 3.87. The fraction of sp³-hybridized carbons (Fsp3) is 0.462. The standard InChI is InChI=1S/C26H30F3N3O5/c1-2-36-22(24(33)34)13-16-3-9-19(10-4-16)37-12-11-30-23-20-14-32(15-21(20)23)25(35)31-18-7-5-17(6-8-18)26(27,28)29/h3-10,20-23,30H,2,11-15H2,1H3,(H,31,35)(H,33,34)/t20-,21?,22-,23?/m0/s1. The number of aliphatic carboxylic acids is 1. The van der Waals surface area contributed by atoms with Gasteiger partial charge < -0.3 is 30.1 Å². The number of carbonyl (C=O) groups excluding carboxylic acids is 1. The maximum atomic E-state index is 12.7. The number of carbonyl (C=O) groups is 2. The zero-order chi connectivity index (χ0) is 26.6. The van der Waals surface area contributed by atoms with E-state index in [2.05, 4.69) is 10.6 Å². The number of halogens is 3. The first-order chi connectivity index (χ1) is 17.7. The first-order valence-electron chi connectivity index (χ1n) is 12.2. The summed E-state index contributed by atoms with van der Waals surface area (Å²) >= 11 is 0. The van der Waals surface area contributed by atoms with Crippen LogP contribution in [0.5, 0.6) is 5.75 Å². The van der Waals surface area contributed by atoms with Crippen LogP contribution in [0.15, 0.2) is 48.5 Å². The van der Waals surface area contributed by atoms with Crippen molar-refractivity contribution in [2.24, 2.45) is 11.8 Å². The molecular formula is C26H30F3N3O5. The van der Waals surface area contributed by atoms with Gasteiger partial charge in [-0.1, -0.05) is 12.1 Å². The van der Waals surface area contributed by atoms with E-state index in [4.69, 9.17) is 9.47 Å². The summed E-state index contributed by atoms with van der Waals surface area (Å²) in [5.41, 5.74) is 0.424. The first-order valence-corrected chi connectivity index (χ1v) is 12.2. The van der Waals surface area contributed by atoms with Gasteiger partial charge in [-0.15, -0.1) is 0 Å². The number of benzene rings is 2. The Labute approximate surface area is 212 Å². The molecule has 2 aliphatic rings. The summed E-state index contributed by atoms with van der Waals surface area (Å²) in [4.78, 5) is 25.4. The van der Waals surface area contributed by atoms with Crippen LogP contribution in [0.1, 0.15) is 18.1 Å². The van der Waals surface area contributed by atoms with Gasteiger partial charge in [0.1, 0.15) is 12.4 Å². The zero-order valence-corrected chi connectivity index (χ0v) is 20.3. The summed E-state index contributed by atoms with van der Waals surface area (Å²) in [6.45, 7) is 4.39. The molecule has 37 heavy (non-hydrogen) atoms. The Morgan fingerprint density at radius 3 is 2.30 bits per heavy atom. The van der Waals surface area contributed by atoms with Crippen molar-refractivity contribution in [1.29, 1.82) is 0 Å². The van der Waals surface area contributed by atoms with Crippen LogP contribution in [0.2, 0.25) is 0 Å². The molecule has 3 N–H and O–H groups in total. The Hall–Kier alpha value is -3.31. The number of hydrogen-bond donors (Lipinski definition) is 3. The van der Waals surface area contributed by atoms with Crippen LogP contribution >= 0.6 is 0 Å². The molecule has 1 aliphatic carbocycles. The summed E-state index contributed by atoms with van der Waals surface area (Å²) in [6.07, 6.45) is -4.99. The lowest BCUT2D eigenvalue weighted by Gasteiger charge is -2.21. The van der Waals surface area contributed by atoms with Gasteiger partial charge in [-0.2, -0.15) is 13.2 Å². The lowest BCUT2D eigenvalue weighted by atomic mass is 10.1. The van der Waals surface area contributed by atoms with Crippen molar-refractivity contribution in [3.8, 4) is 5.75 Å². The highest BCUT2D eigenvalue weighted by Crippen LogP contribution is 2.45. The van der Waals surface area contributed by atoms with E-state index in [-0.39, 0.29) is 12.5 Å². The summed E-state index contributed by atoms with van der Waals surface area (Å²) in [6, 6.07) is 11.7. The van der Waals surface area contributed by atoms with Crippen molar-refractivity contribution in [3.05, 3.63) is 59.7 Å². The van der Waals surface area contributed by atoms with Gasteiger partial charge in [-0.3, -0.25) is 0 Å². The molecule has 0 spiro atoms. The van der Waals surface area contributed by atoms with Crippen molar-refractivity contribution in [2.45, 2.75) is 31.7 Å². The Kier molecular flexibility index (Phi) is 8.23. The third kappa shape index (κ3) is 6.92. The van der Waals surface area contributed by atoms with Gasteiger partial charge in [0, 0.05) is 44.4 Å². The van der Waals surface area contributed by atoms with Crippen LogP contribution in [-0.4, -0.2) is 67.0 Å². The number of hydrogen-bond acceptors (Lipinski definition) is 5.